The van der Waals surface area contributed by atoms with Crippen molar-refractivity contribution in [2.24, 2.45) is 5.92 Å². The van der Waals surface area contributed by atoms with E-state index in [2.05, 4.69) is 4.74 Å². The molecule has 2 amide bonds. The molecule has 0 spiro atoms. The second-order valence-electron chi connectivity index (χ2n) is 10.2. The van der Waals surface area contributed by atoms with Crippen LogP contribution in [0.3, 0.4) is 0 Å². The third-order valence-electron chi connectivity index (χ3n) is 7.65. The van der Waals surface area contributed by atoms with Crippen molar-refractivity contribution in [3.63, 3.8) is 0 Å². The van der Waals surface area contributed by atoms with E-state index >= 15 is 0 Å². The van der Waals surface area contributed by atoms with E-state index in [4.69, 9.17) is 5.11 Å². The minimum atomic E-state index is -4.79. The molecule has 3 unspecified atom stereocenters. The highest BCUT2D eigenvalue weighted by Gasteiger charge is 2.51. The summed E-state index contributed by atoms with van der Waals surface area (Å²) in [6.45, 7) is 0. The van der Waals surface area contributed by atoms with Crippen molar-refractivity contribution in [1.29, 1.82) is 0 Å². The highest BCUT2D eigenvalue weighted by molar-refractivity contribution is 5.97. The predicted molar refractivity (Wildman–Crippen MR) is 131 cm³/mol. The van der Waals surface area contributed by atoms with Gasteiger partial charge in [-0.15, -0.1) is 13.2 Å². The largest absolute Gasteiger partial charge is 0.573 e. The summed E-state index contributed by atoms with van der Waals surface area (Å²) >= 11 is 0. The molecule has 3 aliphatic rings. The summed E-state index contributed by atoms with van der Waals surface area (Å²) in [5, 5.41) is 9.13. The van der Waals surface area contributed by atoms with Crippen molar-refractivity contribution < 1.29 is 37.4 Å². The van der Waals surface area contributed by atoms with Gasteiger partial charge in [0.05, 0.1) is 18.9 Å². The Balaban J connectivity index is 1.43. The molecule has 2 aliphatic carbocycles. The number of hydrogen-bond donors (Lipinski definition) is 1. The second-order valence-corrected chi connectivity index (χ2v) is 10.2. The molecule has 1 heterocycles. The SMILES string of the molecule is O=C(O)CCC(=O)N(C1CC1)C1c2ccccc2N(C(=O)Cc2ccc(OC(F)(F)F)cc2)C2CCCC21. The van der Waals surface area contributed by atoms with E-state index in [0.29, 0.717) is 5.56 Å². The average Bonchev–Trinajstić information content (AvgIpc) is 3.58. The Morgan fingerprint density at radius 3 is 2.34 bits per heavy atom. The molecular formula is C28H29F3N2O5. The summed E-state index contributed by atoms with van der Waals surface area (Å²) in [7, 11) is 0. The molecule has 202 valence electrons. The van der Waals surface area contributed by atoms with Gasteiger partial charge >= 0.3 is 12.3 Å². The molecule has 2 aromatic rings. The number of carboxylic acid groups (broad SMARTS) is 1. The van der Waals surface area contributed by atoms with Gasteiger partial charge in [0.2, 0.25) is 11.8 Å². The highest BCUT2D eigenvalue weighted by Crippen LogP contribution is 2.52. The molecule has 2 fully saturated rings. The number of benzene rings is 2. The lowest BCUT2D eigenvalue weighted by molar-refractivity contribution is -0.274. The van der Waals surface area contributed by atoms with E-state index in [1.54, 1.807) is 0 Å². The maximum atomic E-state index is 13.7. The number of fused-ring (bicyclic) bond motifs is 2. The first-order valence-corrected chi connectivity index (χ1v) is 12.9. The zero-order chi connectivity index (χ0) is 27.0. The van der Waals surface area contributed by atoms with Crippen LogP contribution in [0.2, 0.25) is 0 Å². The zero-order valence-electron chi connectivity index (χ0n) is 20.7. The fourth-order valence-corrected chi connectivity index (χ4v) is 6.05. The Morgan fingerprint density at radius 2 is 1.68 bits per heavy atom. The minimum Gasteiger partial charge on any atom is -0.481 e. The number of aliphatic carboxylic acids is 1. The number of alkyl halides is 3. The number of amides is 2. The lowest BCUT2D eigenvalue weighted by Crippen LogP contribution is -2.53. The third kappa shape index (κ3) is 5.49. The predicted octanol–water partition coefficient (Wildman–Crippen LogP) is 5.24. The van der Waals surface area contributed by atoms with E-state index in [9.17, 15) is 27.6 Å². The smallest absolute Gasteiger partial charge is 0.481 e. The summed E-state index contributed by atoms with van der Waals surface area (Å²) < 4.78 is 41.4. The Hall–Kier alpha value is -3.56. The van der Waals surface area contributed by atoms with E-state index < -0.39 is 12.3 Å². The lowest BCUT2D eigenvalue weighted by Gasteiger charge is -2.48. The van der Waals surface area contributed by atoms with Crippen LogP contribution in [-0.4, -0.2) is 46.2 Å². The first-order valence-electron chi connectivity index (χ1n) is 12.9. The number of carbonyl (C=O) groups excluding carboxylic acids is 2. The molecule has 0 radical (unpaired) electrons. The maximum absolute atomic E-state index is 13.7. The fraction of sp³-hybridized carbons (Fsp3) is 0.464. The summed E-state index contributed by atoms with van der Waals surface area (Å²) in [5.41, 5.74) is 2.19. The number of para-hydroxylation sites is 1. The van der Waals surface area contributed by atoms with Gasteiger partial charge in [-0.2, -0.15) is 0 Å². The number of nitrogens with zero attached hydrogens (tertiary/aromatic N) is 2. The standard InChI is InChI=1S/C28H29F3N2O5/c29-28(30,31)38-19-12-8-17(9-13-19)16-25(35)33-22-6-2-1-4-20(22)27(21-5-3-7-23(21)33)32(18-10-11-18)24(34)14-15-26(36)37/h1-2,4,6,8-9,12-13,18,21,23,27H,3,5,7,10-11,14-16H2,(H,36,37). The number of hydrogen-bond acceptors (Lipinski definition) is 4. The van der Waals surface area contributed by atoms with Gasteiger partial charge in [0.25, 0.3) is 0 Å². The summed E-state index contributed by atoms with van der Waals surface area (Å²) in [4.78, 5) is 41.8. The van der Waals surface area contributed by atoms with E-state index in [-0.39, 0.29) is 60.9 Å². The molecule has 38 heavy (non-hydrogen) atoms. The van der Waals surface area contributed by atoms with Gasteiger partial charge in [0.1, 0.15) is 5.75 Å². The quantitative estimate of drug-likeness (QED) is 0.505. The molecule has 0 saturated heterocycles. The highest BCUT2D eigenvalue weighted by atomic mass is 19.4. The van der Waals surface area contributed by atoms with Gasteiger partial charge < -0.3 is 19.6 Å². The number of anilines is 1. The van der Waals surface area contributed by atoms with Crippen molar-refractivity contribution >= 4 is 23.5 Å². The van der Waals surface area contributed by atoms with E-state index in [1.165, 1.54) is 24.3 Å². The van der Waals surface area contributed by atoms with Crippen LogP contribution in [0.1, 0.15) is 62.1 Å². The van der Waals surface area contributed by atoms with Crippen molar-refractivity contribution in [1.82, 2.24) is 4.90 Å². The Kier molecular flexibility index (Phi) is 7.07. The summed E-state index contributed by atoms with van der Waals surface area (Å²) in [6.07, 6.45) is -0.773. The molecule has 10 heteroatoms. The van der Waals surface area contributed by atoms with Crippen LogP contribution < -0.4 is 9.64 Å². The van der Waals surface area contributed by atoms with Gasteiger partial charge in [0.15, 0.2) is 0 Å². The third-order valence-corrected chi connectivity index (χ3v) is 7.65. The van der Waals surface area contributed by atoms with Crippen LogP contribution >= 0.6 is 0 Å². The molecule has 2 saturated carbocycles. The van der Waals surface area contributed by atoms with Crippen molar-refractivity contribution in [2.45, 2.75) is 75.9 Å². The zero-order valence-corrected chi connectivity index (χ0v) is 20.7. The Labute approximate surface area is 218 Å². The van der Waals surface area contributed by atoms with Crippen LogP contribution in [0, 0.1) is 5.92 Å². The topological polar surface area (TPSA) is 87.2 Å². The van der Waals surface area contributed by atoms with Crippen LogP contribution in [0.15, 0.2) is 48.5 Å². The molecule has 0 aromatic heterocycles. The molecule has 3 atom stereocenters. The van der Waals surface area contributed by atoms with Crippen LogP contribution in [0.25, 0.3) is 0 Å². The monoisotopic (exact) mass is 530 g/mol. The van der Waals surface area contributed by atoms with Gasteiger partial charge in [-0.3, -0.25) is 14.4 Å². The molecular weight excluding hydrogens is 501 g/mol. The normalized spacial score (nSPS) is 22.4. The number of ether oxygens (including phenoxy) is 1. The fourth-order valence-electron chi connectivity index (χ4n) is 6.05. The second kappa shape index (κ2) is 10.3. The van der Waals surface area contributed by atoms with Gasteiger partial charge in [0, 0.05) is 30.1 Å². The lowest BCUT2D eigenvalue weighted by atomic mass is 9.81. The van der Waals surface area contributed by atoms with Crippen LogP contribution in [0.4, 0.5) is 18.9 Å². The molecule has 0 bridgehead atoms. The summed E-state index contributed by atoms with van der Waals surface area (Å²) in [6, 6.07) is 12.6. The first kappa shape index (κ1) is 26.1. The molecule has 1 N–H and O–H groups in total. The van der Waals surface area contributed by atoms with E-state index in [1.807, 2.05) is 34.1 Å². The average molecular weight is 531 g/mol. The Bertz CT molecular complexity index is 1210. The van der Waals surface area contributed by atoms with Gasteiger partial charge in [-0.25, -0.2) is 0 Å². The van der Waals surface area contributed by atoms with Gasteiger partial charge in [-0.1, -0.05) is 36.8 Å². The molecule has 2 aromatic carbocycles. The van der Waals surface area contributed by atoms with Crippen LogP contribution in [0.5, 0.6) is 5.75 Å². The van der Waals surface area contributed by atoms with Crippen molar-refractivity contribution in [3.8, 4) is 5.75 Å². The van der Waals surface area contributed by atoms with Crippen molar-refractivity contribution in [2.75, 3.05) is 4.90 Å². The van der Waals surface area contributed by atoms with Crippen LogP contribution in [-0.2, 0) is 20.8 Å². The number of carbonyl (C=O) groups is 3. The Morgan fingerprint density at radius 1 is 0.974 bits per heavy atom. The molecule has 1 aliphatic heterocycles. The minimum absolute atomic E-state index is 0.0123. The number of carboxylic acids is 1. The number of halogens is 3. The maximum Gasteiger partial charge on any atom is 0.573 e. The molecule has 5 rings (SSSR count). The van der Waals surface area contributed by atoms with Crippen molar-refractivity contribution in [3.05, 3.63) is 59.7 Å². The number of rotatable bonds is 8. The van der Waals surface area contributed by atoms with Gasteiger partial charge in [-0.05, 0) is 55.0 Å². The van der Waals surface area contributed by atoms with E-state index in [0.717, 1.165) is 43.4 Å². The molecule has 7 nitrogen and oxygen atoms in total. The summed E-state index contributed by atoms with van der Waals surface area (Å²) in [5.74, 6) is -1.66. The first-order chi connectivity index (χ1) is 18.1.